The van der Waals surface area contributed by atoms with Crippen molar-refractivity contribution >= 4 is 17.6 Å². The zero-order valence-corrected chi connectivity index (χ0v) is 16.7. The van der Waals surface area contributed by atoms with Crippen molar-refractivity contribution in [1.82, 2.24) is 0 Å². The largest absolute Gasteiger partial charge is 0.482 e. The number of aryl methyl sites for hydroxylation is 3. The molecule has 0 aliphatic rings. The van der Waals surface area contributed by atoms with Crippen LogP contribution in [0, 0.1) is 20.8 Å². The first-order chi connectivity index (χ1) is 13.9. The topological polar surface area (TPSA) is 64.6 Å². The second-order valence-electron chi connectivity index (χ2n) is 6.86. The van der Waals surface area contributed by atoms with Crippen LogP contribution in [0.4, 0.5) is 5.69 Å². The molecule has 148 valence electrons. The summed E-state index contributed by atoms with van der Waals surface area (Å²) in [5, 5.41) is 2.80. The highest BCUT2D eigenvalue weighted by Crippen LogP contribution is 2.19. The number of hydrogen-bond acceptors (Lipinski definition) is 4. The molecule has 0 saturated heterocycles. The molecular weight excluding hydrogens is 366 g/mol. The van der Waals surface area contributed by atoms with Crippen molar-refractivity contribution in [2.75, 3.05) is 11.9 Å². The monoisotopic (exact) mass is 389 g/mol. The lowest BCUT2D eigenvalue weighted by atomic mass is 10.1. The van der Waals surface area contributed by atoms with E-state index in [1.165, 1.54) is 0 Å². The van der Waals surface area contributed by atoms with Gasteiger partial charge in [0.2, 0.25) is 0 Å². The molecule has 5 heteroatoms. The molecule has 0 spiro atoms. The van der Waals surface area contributed by atoms with E-state index in [1.54, 1.807) is 36.4 Å². The molecule has 29 heavy (non-hydrogen) atoms. The maximum atomic E-state index is 12.3. The summed E-state index contributed by atoms with van der Waals surface area (Å²) in [7, 11) is 0. The molecule has 0 aliphatic carbocycles. The summed E-state index contributed by atoms with van der Waals surface area (Å²) in [6.45, 7) is 5.75. The average Bonchev–Trinajstić information content (AvgIpc) is 2.69. The molecule has 0 heterocycles. The number of hydrogen-bond donors (Lipinski definition) is 1. The molecule has 0 bridgehead atoms. The van der Waals surface area contributed by atoms with Crippen molar-refractivity contribution in [3.63, 3.8) is 0 Å². The van der Waals surface area contributed by atoms with Crippen LogP contribution in [-0.4, -0.2) is 18.5 Å². The quantitative estimate of drug-likeness (QED) is 0.484. The SMILES string of the molecule is Cc1ccc(C(=O)Nc2cccc(OC(=O)COc3ccc(C)c(C)c3)c2)cc1. The van der Waals surface area contributed by atoms with Crippen LogP contribution < -0.4 is 14.8 Å². The summed E-state index contributed by atoms with van der Waals surface area (Å²) in [5.41, 5.74) is 4.42. The summed E-state index contributed by atoms with van der Waals surface area (Å²) in [5.74, 6) is 0.196. The number of carbonyl (C=O) groups is 2. The van der Waals surface area contributed by atoms with E-state index in [4.69, 9.17) is 9.47 Å². The van der Waals surface area contributed by atoms with Gasteiger partial charge in [0.1, 0.15) is 11.5 Å². The number of ether oxygens (including phenoxy) is 2. The van der Waals surface area contributed by atoms with Gasteiger partial charge in [-0.15, -0.1) is 0 Å². The van der Waals surface area contributed by atoms with E-state index in [9.17, 15) is 9.59 Å². The van der Waals surface area contributed by atoms with Gasteiger partial charge in [-0.05, 0) is 68.3 Å². The maximum Gasteiger partial charge on any atom is 0.349 e. The summed E-state index contributed by atoms with van der Waals surface area (Å²) < 4.78 is 10.8. The predicted molar refractivity (Wildman–Crippen MR) is 113 cm³/mol. The summed E-state index contributed by atoms with van der Waals surface area (Å²) >= 11 is 0. The van der Waals surface area contributed by atoms with Crippen molar-refractivity contribution in [3.8, 4) is 11.5 Å². The first-order valence-corrected chi connectivity index (χ1v) is 9.29. The van der Waals surface area contributed by atoms with Gasteiger partial charge in [-0.3, -0.25) is 4.79 Å². The van der Waals surface area contributed by atoms with Gasteiger partial charge in [-0.1, -0.05) is 29.8 Å². The van der Waals surface area contributed by atoms with Gasteiger partial charge in [0.05, 0.1) is 0 Å². The minimum Gasteiger partial charge on any atom is -0.482 e. The Bertz CT molecular complexity index is 1030. The van der Waals surface area contributed by atoms with E-state index in [0.29, 0.717) is 22.7 Å². The fraction of sp³-hybridized carbons (Fsp3) is 0.167. The molecule has 3 aromatic carbocycles. The highest BCUT2D eigenvalue weighted by molar-refractivity contribution is 6.04. The smallest absolute Gasteiger partial charge is 0.349 e. The second kappa shape index (κ2) is 9.06. The van der Waals surface area contributed by atoms with Gasteiger partial charge < -0.3 is 14.8 Å². The minimum atomic E-state index is -0.523. The van der Waals surface area contributed by atoms with E-state index >= 15 is 0 Å². The summed E-state index contributed by atoms with van der Waals surface area (Å²) in [6, 6.07) is 19.6. The van der Waals surface area contributed by atoms with Gasteiger partial charge in [0.15, 0.2) is 6.61 Å². The lowest BCUT2D eigenvalue weighted by molar-refractivity contribution is -0.136. The van der Waals surface area contributed by atoms with Crippen LogP contribution >= 0.6 is 0 Å². The number of benzene rings is 3. The first-order valence-electron chi connectivity index (χ1n) is 9.29. The molecular formula is C24H23NO4. The molecule has 3 rings (SSSR count). The van der Waals surface area contributed by atoms with E-state index in [-0.39, 0.29) is 12.5 Å². The molecule has 0 radical (unpaired) electrons. The first kappa shape index (κ1) is 20.1. The normalized spacial score (nSPS) is 10.3. The van der Waals surface area contributed by atoms with Gasteiger partial charge in [-0.25, -0.2) is 4.79 Å². The third-order valence-corrected chi connectivity index (χ3v) is 4.47. The summed E-state index contributed by atoms with van der Waals surface area (Å²) in [6.07, 6.45) is 0. The van der Waals surface area contributed by atoms with Crippen molar-refractivity contribution in [1.29, 1.82) is 0 Å². The van der Waals surface area contributed by atoms with Crippen LogP contribution in [0.2, 0.25) is 0 Å². The molecule has 1 N–H and O–H groups in total. The lowest BCUT2D eigenvalue weighted by Gasteiger charge is -2.10. The molecule has 1 amide bonds. The van der Waals surface area contributed by atoms with E-state index < -0.39 is 5.97 Å². The van der Waals surface area contributed by atoms with E-state index in [2.05, 4.69) is 5.32 Å². The van der Waals surface area contributed by atoms with Gasteiger partial charge in [-0.2, -0.15) is 0 Å². The highest BCUT2D eigenvalue weighted by Gasteiger charge is 2.10. The number of anilines is 1. The molecule has 0 unspecified atom stereocenters. The Morgan fingerprint density at radius 2 is 1.59 bits per heavy atom. The standard InChI is InChI=1S/C24H23NO4/c1-16-7-10-19(11-8-16)24(27)25-20-5-4-6-22(14-20)29-23(26)15-28-21-12-9-17(2)18(3)13-21/h4-14H,15H2,1-3H3,(H,25,27). The van der Waals surface area contributed by atoms with Crippen molar-refractivity contribution in [2.24, 2.45) is 0 Å². The molecule has 0 atom stereocenters. The molecule has 0 aromatic heterocycles. The number of amides is 1. The molecule has 3 aromatic rings. The van der Waals surface area contributed by atoms with Crippen LogP contribution in [0.5, 0.6) is 11.5 Å². The molecule has 5 nitrogen and oxygen atoms in total. The number of esters is 1. The number of nitrogens with one attached hydrogen (secondary N) is 1. The van der Waals surface area contributed by atoms with Crippen molar-refractivity contribution < 1.29 is 19.1 Å². The van der Waals surface area contributed by atoms with Crippen molar-refractivity contribution in [3.05, 3.63) is 89.0 Å². The fourth-order valence-corrected chi connectivity index (χ4v) is 2.65. The summed E-state index contributed by atoms with van der Waals surface area (Å²) in [4.78, 5) is 24.4. The van der Waals surface area contributed by atoms with Crippen LogP contribution in [0.3, 0.4) is 0 Å². The zero-order valence-electron chi connectivity index (χ0n) is 16.7. The van der Waals surface area contributed by atoms with Crippen LogP contribution in [0.15, 0.2) is 66.7 Å². The van der Waals surface area contributed by atoms with Gasteiger partial charge in [0, 0.05) is 17.3 Å². The number of carbonyl (C=O) groups excluding carboxylic acids is 2. The molecule has 0 saturated carbocycles. The second-order valence-corrected chi connectivity index (χ2v) is 6.86. The number of rotatable bonds is 6. The van der Waals surface area contributed by atoms with Gasteiger partial charge >= 0.3 is 5.97 Å². The predicted octanol–water partition coefficient (Wildman–Crippen LogP) is 4.85. The zero-order chi connectivity index (χ0) is 20.8. The Kier molecular flexibility index (Phi) is 6.29. The highest BCUT2D eigenvalue weighted by atomic mass is 16.6. The van der Waals surface area contributed by atoms with Crippen LogP contribution in [-0.2, 0) is 4.79 Å². The Morgan fingerprint density at radius 1 is 0.828 bits per heavy atom. The van der Waals surface area contributed by atoms with Crippen LogP contribution in [0.25, 0.3) is 0 Å². The minimum absolute atomic E-state index is 0.206. The Labute approximate surface area is 170 Å². The Hall–Kier alpha value is -3.60. The third-order valence-electron chi connectivity index (χ3n) is 4.47. The van der Waals surface area contributed by atoms with E-state index in [1.807, 2.05) is 51.1 Å². The van der Waals surface area contributed by atoms with Crippen molar-refractivity contribution in [2.45, 2.75) is 20.8 Å². The fourth-order valence-electron chi connectivity index (χ4n) is 2.65. The lowest BCUT2D eigenvalue weighted by Crippen LogP contribution is -2.18. The average molecular weight is 389 g/mol. The molecule has 0 fully saturated rings. The Morgan fingerprint density at radius 3 is 2.31 bits per heavy atom. The third kappa shape index (κ3) is 5.69. The molecule has 0 aliphatic heterocycles. The maximum absolute atomic E-state index is 12.3. The van der Waals surface area contributed by atoms with E-state index in [0.717, 1.165) is 16.7 Å². The Balaban J connectivity index is 1.57. The van der Waals surface area contributed by atoms with Gasteiger partial charge in [0.25, 0.3) is 5.91 Å². The van der Waals surface area contributed by atoms with Crippen LogP contribution in [0.1, 0.15) is 27.0 Å².